The Morgan fingerprint density at radius 3 is 2.26 bits per heavy atom. The predicted octanol–water partition coefficient (Wildman–Crippen LogP) is -3.04. The van der Waals surface area contributed by atoms with Crippen molar-refractivity contribution < 1.29 is 44.3 Å². The molecule has 0 aromatic heterocycles. The molecule has 0 spiro atoms. The van der Waals surface area contributed by atoms with Gasteiger partial charge in [0.05, 0.1) is 6.61 Å². The van der Waals surface area contributed by atoms with Gasteiger partial charge in [-0.15, -0.1) is 0 Å². The Kier molecular flexibility index (Phi) is 3.89. The first-order chi connectivity index (χ1) is 8.59. The molecule has 3 atom stereocenters. The van der Waals surface area contributed by atoms with Crippen LogP contribution in [-0.4, -0.2) is 62.4 Å². The van der Waals surface area contributed by atoms with Gasteiger partial charge in [0.25, 0.3) is 5.79 Å². The number of hydrogen-bond donors (Lipinski definition) is 4. The topological polar surface area (TPSA) is 154 Å². The van der Waals surface area contributed by atoms with E-state index in [0.29, 0.717) is 0 Å². The van der Waals surface area contributed by atoms with Crippen molar-refractivity contribution in [3.05, 3.63) is 12.2 Å². The minimum absolute atomic E-state index is 0.192. The van der Waals surface area contributed by atoms with E-state index in [9.17, 15) is 24.6 Å². The zero-order valence-corrected chi connectivity index (χ0v) is 9.82. The van der Waals surface area contributed by atoms with Gasteiger partial charge in [-0.1, -0.05) is 6.58 Å². The van der Waals surface area contributed by atoms with Crippen molar-refractivity contribution in [3.63, 3.8) is 0 Å². The standard InChI is InChI=1S/C10H12O9/c1-4(2)5(12)18-7(14)9(16,3-11)6(13)10(17)8(15)19-10/h8,11,15-17H,1,3H2,2H3. The number of ether oxygens (including phenoxy) is 2. The Morgan fingerprint density at radius 2 is 1.95 bits per heavy atom. The Hall–Kier alpha value is -1.65. The second kappa shape index (κ2) is 4.79. The second-order valence-corrected chi connectivity index (χ2v) is 3.97. The minimum atomic E-state index is -3.24. The van der Waals surface area contributed by atoms with E-state index in [4.69, 9.17) is 10.2 Å². The van der Waals surface area contributed by atoms with Gasteiger partial charge in [0.15, 0.2) is 0 Å². The summed E-state index contributed by atoms with van der Waals surface area (Å²) in [6.07, 6.45) is -1.94. The van der Waals surface area contributed by atoms with Crippen molar-refractivity contribution >= 4 is 17.7 Å². The predicted molar refractivity (Wildman–Crippen MR) is 55.0 cm³/mol. The summed E-state index contributed by atoms with van der Waals surface area (Å²) in [5, 5.41) is 36.7. The number of esters is 2. The van der Waals surface area contributed by atoms with E-state index in [-0.39, 0.29) is 5.57 Å². The molecule has 0 amide bonds. The molecule has 1 aliphatic rings. The molecule has 0 saturated carbocycles. The average molecular weight is 276 g/mol. The van der Waals surface area contributed by atoms with Crippen LogP contribution in [0.15, 0.2) is 12.2 Å². The van der Waals surface area contributed by atoms with Crippen LogP contribution in [-0.2, 0) is 23.9 Å². The van der Waals surface area contributed by atoms with E-state index in [1.54, 1.807) is 0 Å². The van der Waals surface area contributed by atoms with Gasteiger partial charge >= 0.3 is 11.9 Å². The second-order valence-electron chi connectivity index (χ2n) is 3.97. The van der Waals surface area contributed by atoms with Gasteiger partial charge in [0, 0.05) is 5.57 Å². The molecule has 0 aromatic rings. The van der Waals surface area contributed by atoms with E-state index in [1.165, 1.54) is 6.92 Å². The minimum Gasteiger partial charge on any atom is -0.392 e. The van der Waals surface area contributed by atoms with E-state index in [1.807, 2.05) is 0 Å². The van der Waals surface area contributed by atoms with Crippen molar-refractivity contribution in [1.82, 2.24) is 0 Å². The Labute approximate surface area is 106 Å². The lowest BCUT2D eigenvalue weighted by atomic mass is 9.95. The first-order valence-corrected chi connectivity index (χ1v) is 4.98. The number of Topliss-reactive ketones (excluding diaryl/α,β-unsaturated/α-hetero) is 1. The fraction of sp³-hybridized carbons (Fsp3) is 0.500. The molecule has 3 unspecified atom stereocenters. The Balaban J connectivity index is 2.92. The molecular weight excluding hydrogens is 264 g/mol. The molecule has 19 heavy (non-hydrogen) atoms. The van der Waals surface area contributed by atoms with E-state index >= 15 is 0 Å². The van der Waals surface area contributed by atoms with Crippen LogP contribution in [0.4, 0.5) is 0 Å². The van der Waals surface area contributed by atoms with Gasteiger partial charge in [-0.05, 0) is 6.92 Å². The van der Waals surface area contributed by atoms with Crippen LogP contribution in [0, 0.1) is 0 Å². The van der Waals surface area contributed by atoms with Crippen LogP contribution in [0.25, 0.3) is 0 Å². The normalized spacial score (nSPS) is 28.2. The molecule has 0 aliphatic carbocycles. The number of carbonyl (C=O) groups excluding carboxylic acids is 3. The molecule has 1 aliphatic heterocycles. The van der Waals surface area contributed by atoms with Gasteiger partial charge in [-0.3, -0.25) is 4.79 Å². The fourth-order valence-electron chi connectivity index (χ4n) is 1.08. The van der Waals surface area contributed by atoms with Crippen molar-refractivity contribution in [3.8, 4) is 0 Å². The van der Waals surface area contributed by atoms with Gasteiger partial charge < -0.3 is 29.9 Å². The van der Waals surface area contributed by atoms with Crippen LogP contribution < -0.4 is 0 Å². The van der Waals surface area contributed by atoms with E-state index < -0.39 is 42.0 Å². The highest BCUT2D eigenvalue weighted by Gasteiger charge is 2.69. The molecule has 1 fully saturated rings. The molecule has 4 N–H and O–H groups in total. The van der Waals surface area contributed by atoms with E-state index in [0.717, 1.165) is 0 Å². The van der Waals surface area contributed by atoms with Gasteiger partial charge in [-0.25, -0.2) is 9.59 Å². The highest BCUT2D eigenvalue weighted by molar-refractivity contribution is 6.14. The Bertz CT molecular complexity index is 456. The molecule has 1 heterocycles. The summed E-state index contributed by atoms with van der Waals surface area (Å²) in [5.41, 5.74) is -3.43. The highest BCUT2D eigenvalue weighted by Crippen LogP contribution is 2.36. The number of carbonyl (C=O) groups is 3. The number of rotatable bonds is 5. The van der Waals surface area contributed by atoms with Gasteiger partial charge in [0.1, 0.15) is 0 Å². The SMILES string of the molecule is C=C(C)C(=O)OC(=O)C(O)(CO)C(=O)C1(O)OC1O. The van der Waals surface area contributed by atoms with Crippen LogP contribution in [0.2, 0.25) is 0 Å². The first-order valence-electron chi connectivity index (χ1n) is 4.98. The zero-order valence-electron chi connectivity index (χ0n) is 9.82. The summed E-state index contributed by atoms with van der Waals surface area (Å²) in [6.45, 7) is 2.89. The maximum absolute atomic E-state index is 11.6. The largest absolute Gasteiger partial charge is 0.392 e. The van der Waals surface area contributed by atoms with Crippen LogP contribution in [0.3, 0.4) is 0 Å². The average Bonchev–Trinajstić information content (AvgIpc) is 2.96. The summed E-state index contributed by atoms with van der Waals surface area (Å²) in [5.74, 6) is -7.60. The highest BCUT2D eigenvalue weighted by atomic mass is 16.8. The third kappa shape index (κ3) is 2.55. The lowest BCUT2D eigenvalue weighted by molar-refractivity contribution is -0.184. The fourth-order valence-corrected chi connectivity index (χ4v) is 1.08. The molecule has 9 nitrogen and oxygen atoms in total. The smallest absolute Gasteiger partial charge is 0.356 e. The summed E-state index contributed by atoms with van der Waals surface area (Å²) in [4.78, 5) is 34.2. The molecule has 0 radical (unpaired) electrons. The van der Waals surface area contributed by atoms with Crippen LogP contribution in [0.1, 0.15) is 6.92 Å². The molecule has 0 bridgehead atoms. The molecule has 1 saturated heterocycles. The quantitative estimate of drug-likeness (QED) is 0.177. The van der Waals surface area contributed by atoms with E-state index in [2.05, 4.69) is 16.1 Å². The van der Waals surface area contributed by atoms with Crippen LogP contribution >= 0.6 is 0 Å². The van der Waals surface area contributed by atoms with Crippen molar-refractivity contribution in [1.29, 1.82) is 0 Å². The molecular formula is C10H12O9. The van der Waals surface area contributed by atoms with Gasteiger partial charge in [-0.2, -0.15) is 0 Å². The van der Waals surface area contributed by atoms with Crippen molar-refractivity contribution in [2.24, 2.45) is 0 Å². The summed E-state index contributed by atoms with van der Waals surface area (Å²) >= 11 is 0. The van der Waals surface area contributed by atoms with Crippen molar-refractivity contribution in [2.45, 2.75) is 24.6 Å². The lowest BCUT2D eigenvalue weighted by Crippen LogP contribution is -2.57. The van der Waals surface area contributed by atoms with Crippen molar-refractivity contribution in [2.75, 3.05) is 6.61 Å². The number of ketones is 1. The summed E-state index contributed by atoms with van der Waals surface area (Å²) in [6, 6.07) is 0. The number of aliphatic hydroxyl groups excluding tert-OH is 2. The molecule has 9 heteroatoms. The number of epoxide rings is 1. The molecule has 1 rings (SSSR count). The van der Waals surface area contributed by atoms with Gasteiger partial charge in [0.2, 0.25) is 17.7 Å². The van der Waals surface area contributed by atoms with Crippen LogP contribution in [0.5, 0.6) is 0 Å². The molecule has 106 valence electrons. The lowest BCUT2D eigenvalue weighted by Gasteiger charge is -2.22. The third-order valence-corrected chi connectivity index (χ3v) is 2.37. The number of hydrogen-bond acceptors (Lipinski definition) is 9. The monoisotopic (exact) mass is 276 g/mol. The molecule has 0 aromatic carbocycles. The maximum atomic E-state index is 11.6. The summed E-state index contributed by atoms with van der Waals surface area (Å²) in [7, 11) is 0. The summed E-state index contributed by atoms with van der Waals surface area (Å²) < 4.78 is 8.19. The third-order valence-electron chi connectivity index (χ3n) is 2.37. The maximum Gasteiger partial charge on any atom is 0.356 e. The number of aliphatic hydroxyl groups is 4. The zero-order chi connectivity index (χ0) is 15.0. The first kappa shape index (κ1) is 15.4. The Morgan fingerprint density at radius 1 is 1.47 bits per heavy atom.